The van der Waals surface area contributed by atoms with Crippen LogP contribution in [0.3, 0.4) is 0 Å². The van der Waals surface area contributed by atoms with E-state index in [4.69, 9.17) is 12.6 Å². The van der Waals surface area contributed by atoms with Crippen molar-refractivity contribution < 1.29 is 13.5 Å². The molecular formula is C6H6BF2NOS. The number of rotatable bonds is 4. The van der Waals surface area contributed by atoms with E-state index in [1.165, 1.54) is 17.5 Å². The SMILES string of the molecule is [B]Cc1ncc(OCC(F)F)s1. The Bertz CT molecular complexity index is 243. The summed E-state index contributed by atoms with van der Waals surface area (Å²) >= 11 is 1.18. The van der Waals surface area contributed by atoms with E-state index < -0.39 is 13.0 Å². The van der Waals surface area contributed by atoms with Crippen LogP contribution in [0.4, 0.5) is 8.78 Å². The summed E-state index contributed by atoms with van der Waals surface area (Å²) < 4.78 is 28.0. The molecule has 0 amide bonds. The van der Waals surface area contributed by atoms with Crippen molar-refractivity contribution in [3.8, 4) is 5.06 Å². The Morgan fingerprint density at radius 1 is 1.67 bits per heavy atom. The average molecular weight is 189 g/mol. The van der Waals surface area contributed by atoms with E-state index in [-0.39, 0.29) is 0 Å². The van der Waals surface area contributed by atoms with Gasteiger partial charge in [-0.15, -0.1) is 0 Å². The van der Waals surface area contributed by atoms with Gasteiger partial charge in [-0.2, -0.15) is 0 Å². The van der Waals surface area contributed by atoms with Crippen LogP contribution in [-0.4, -0.2) is 25.9 Å². The largest absolute Gasteiger partial charge is 0.477 e. The van der Waals surface area contributed by atoms with E-state index in [0.717, 1.165) is 0 Å². The van der Waals surface area contributed by atoms with Gasteiger partial charge in [0.05, 0.1) is 19.1 Å². The maximum absolute atomic E-state index is 11.6. The zero-order valence-electron chi connectivity index (χ0n) is 6.17. The molecule has 2 nitrogen and oxygen atoms in total. The van der Waals surface area contributed by atoms with E-state index in [1.54, 1.807) is 0 Å². The smallest absolute Gasteiger partial charge is 0.272 e. The molecule has 0 atom stereocenters. The molecular weight excluding hydrogens is 183 g/mol. The van der Waals surface area contributed by atoms with Crippen LogP contribution >= 0.6 is 11.3 Å². The highest BCUT2D eigenvalue weighted by molar-refractivity contribution is 7.13. The molecule has 0 unspecified atom stereocenters. The molecule has 0 aliphatic rings. The lowest BCUT2D eigenvalue weighted by molar-refractivity contribution is 0.0837. The van der Waals surface area contributed by atoms with Crippen molar-refractivity contribution in [1.29, 1.82) is 0 Å². The lowest BCUT2D eigenvalue weighted by Crippen LogP contribution is -2.05. The standard InChI is InChI=1S/C6H6BF2NOS/c7-1-5-10-2-6(12-5)11-3-4(8)9/h2,4H,1,3H2. The summed E-state index contributed by atoms with van der Waals surface area (Å²) in [4.78, 5) is 3.84. The van der Waals surface area contributed by atoms with Crippen LogP contribution in [0, 0.1) is 0 Å². The second-order valence-electron chi connectivity index (χ2n) is 1.98. The highest BCUT2D eigenvalue weighted by atomic mass is 32.1. The lowest BCUT2D eigenvalue weighted by Gasteiger charge is -1.99. The summed E-state index contributed by atoms with van der Waals surface area (Å²) in [7, 11) is 5.26. The van der Waals surface area contributed by atoms with Gasteiger partial charge in [0, 0.05) is 0 Å². The Hall–Kier alpha value is -0.645. The fraction of sp³-hybridized carbons (Fsp3) is 0.500. The number of halogens is 2. The molecule has 1 aromatic rings. The summed E-state index contributed by atoms with van der Waals surface area (Å²) in [5.41, 5.74) is 0. The molecule has 0 spiro atoms. The summed E-state index contributed by atoms with van der Waals surface area (Å²) in [6.07, 6.45) is -0.744. The summed E-state index contributed by atoms with van der Waals surface area (Å²) in [6, 6.07) is 0. The molecule has 64 valence electrons. The molecule has 2 radical (unpaired) electrons. The predicted octanol–water partition coefficient (Wildman–Crippen LogP) is 1.46. The molecule has 0 fully saturated rings. The lowest BCUT2D eigenvalue weighted by atomic mass is 10.1. The van der Waals surface area contributed by atoms with Gasteiger partial charge in [0.1, 0.15) is 6.61 Å². The predicted molar refractivity (Wildman–Crippen MR) is 43.1 cm³/mol. The molecule has 0 aliphatic carbocycles. The van der Waals surface area contributed by atoms with Gasteiger partial charge in [-0.3, -0.25) is 0 Å². The van der Waals surface area contributed by atoms with Crippen molar-refractivity contribution in [2.45, 2.75) is 12.7 Å². The second-order valence-corrected chi connectivity index (χ2v) is 3.06. The monoisotopic (exact) mass is 189 g/mol. The van der Waals surface area contributed by atoms with Crippen molar-refractivity contribution in [3.05, 3.63) is 11.2 Å². The van der Waals surface area contributed by atoms with Gasteiger partial charge in [-0.25, -0.2) is 13.8 Å². The first kappa shape index (κ1) is 9.44. The fourth-order valence-corrected chi connectivity index (χ4v) is 1.25. The number of alkyl halides is 2. The van der Waals surface area contributed by atoms with Crippen LogP contribution < -0.4 is 4.74 Å². The zero-order chi connectivity index (χ0) is 8.97. The number of aromatic nitrogens is 1. The molecule has 0 bridgehead atoms. The van der Waals surface area contributed by atoms with Gasteiger partial charge in [-0.1, -0.05) is 11.3 Å². The Kier molecular flexibility index (Phi) is 3.46. The normalized spacial score (nSPS) is 10.6. The van der Waals surface area contributed by atoms with E-state index >= 15 is 0 Å². The first-order valence-corrected chi connectivity index (χ1v) is 4.09. The molecule has 0 aliphatic heterocycles. The van der Waals surface area contributed by atoms with Gasteiger partial charge >= 0.3 is 0 Å². The number of hydrogen-bond acceptors (Lipinski definition) is 3. The van der Waals surface area contributed by atoms with Crippen LogP contribution in [0.2, 0.25) is 0 Å². The molecule has 0 N–H and O–H groups in total. The zero-order valence-corrected chi connectivity index (χ0v) is 6.98. The third kappa shape index (κ3) is 2.77. The van der Waals surface area contributed by atoms with Crippen LogP contribution in [0.25, 0.3) is 0 Å². The second kappa shape index (κ2) is 4.40. The van der Waals surface area contributed by atoms with Crippen molar-refractivity contribution in [2.75, 3.05) is 6.61 Å². The Balaban J connectivity index is 2.41. The van der Waals surface area contributed by atoms with Crippen molar-refractivity contribution in [3.63, 3.8) is 0 Å². The molecule has 6 heteroatoms. The molecule has 1 heterocycles. The summed E-state index contributed by atoms with van der Waals surface area (Å²) in [6.45, 7) is -0.591. The Morgan fingerprint density at radius 2 is 2.42 bits per heavy atom. The summed E-state index contributed by atoms with van der Waals surface area (Å²) in [5, 5.41) is 1.06. The van der Waals surface area contributed by atoms with E-state index in [9.17, 15) is 8.78 Å². The molecule has 12 heavy (non-hydrogen) atoms. The minimum atomic E-state index is -2.45. The van der Waals surface area contributed by atoms with Gasteiger partial charge < -0.3 is 4.74 Å². The Morgan fingerprint density at radius 3 is 2.92 bits per heavy atom. The topological polar surface area (TPSA) is 22.1 Å². The van der Waals surface area contributed by atoms with E-state index in [1.807, 2.05) is 0 Å². The first-order valence-electron chi connectivity index (χ1n) is 3.28. The minimum Gasteiger partial charge on any atom is -0.477 e. The third-order valence-electron chi connectivity index (χ3n) is 1.06. The van der Waals surface area contributed by atoms with E-state index in [0.29, 0.717) is 16.4 Å². The van der Waals surface area contributed by atoms with E-state index in [2.05, 4.69) is 4.98 Å². The van der Waals surface area contributed by atoms with Gasteiger partial charge in [0.15, 0.2) is 5.06 Å². The van der Waals surface area contributed by atoms with Crippen molar-refractivity contribution in [2.24, 2.45) is 0 Å². The molecule has 0 aromatic carbocycles. The molecule has 0 saturated heterocycles. The van der Waals surface area contributed by atoms with Crippen LogP contribution in [0.1, 0.15) is 5.01 Å². The minimum absolute atomic E-state index is 0.308. The Labute approximate surface area is 74.0 Å². The molecule has 1 rings (SSSR count). The average Bonchev–Trinajstić information content (AvgIpc) is 2.48. The van der Waals surface area contributed by atoms with Crippen LogP contribution in [-0.2, 0) is 6.32 Å². The summed E-state index contributed by atoms with van der Waals surface area (Å²) in [5.74, 6) is 0. The first-order chi connectivity index (χ1) is 5.72. The fourth-order valence-electron chi connectivity index (χ4n) is 0.600. The number of thiazole rings is 1. The third-order valence-corrected chi connectivity index (χ3v) is 1.99. The number of ether oxygens (including phenoxy) is 1. The van der Waals surface area contributed by atoms with Crippen LogP contribution in [0.5, 0.6) is 5.06 Å². The number of nitrogens with zero attached hydrogens (tertiary/aromatic N) is 1. The van der Waals surface area contributed by atoms with Crippen molar-refractivity contribution >= 4 is 19.2 Å². The van der Waals surface area contributed by atoms with Gasteiger partial charge in [0.2, 0.25) is 0 Å². The van der Waals surface area contributed by atoms with Gasteiger partial charge in [0.25, 0.3) is 6.43 Å². The maximum Gasteiger partial charge on any atom is 0.272 e. The van der Waals surface area contributed by atoms with Crippen molar-refractivity contribution in [1.82, 2.24) is 4.98 Å². The van der Waals surface area contributed by atoms with Crippen LogP contribution in [0.15, 0.2) is 6.20 Å². The van der Waals surface area contributed by atoms with Gasteiger partial charge in [-0.05, 0) is 6.32 Å². The highest BCUT2D eigenvalue weighted by Gasteiger charge is 2.05. The number of hydrogen-bond donors (Lipinski definition) is 0. The quantitative estimate of drug-likeness (QED) is 0.668. The maximum atomic E-state index is 11.6. The molecule has 1 aromatic heterocycles. The highest BCUT2D eigenvalue weighted by Crippen LogP contribution is 2.21. The molecule has 0 saturated carbocycles.